The Hall–Kier alpha value is -1.36. The summed E-state index contributed by atoms with van der Waals surface area (Å²) >= 11 is 0. The molecular formula is C12H16N2O2S. The van der Waals surface area contributed by atoms with Crippen LogP contribution >= 0.6 is 0 Å². The van der Waals surface area contributed by atoms with Crippen LogP contribution < -0.4 is 5.73 Å². The first kappa shape index (κ1) is 12.1. The molecule has 0 amide bonds. The van der Waals surface area contributed by atoms with Crippen LogP contribution in [0.4, 0.5) is 5.69 Å². The van der Waals surface area contributed by atoms with Crippen molar-refractivity contribution in [2.45, 2.75) is 31.3 Å². The largest absolute Gasteiger partial charge is 0.440 e. The number of nitrogens with zero attached hydrogens (tertiary/aromatic N) is 1. The normalized spacial score (nSPS) is 14.1. The van der Waals surface area contributed by atoms with Crippen LogP contribution in [0, 0.1) is 0 Å². The molecule has 0 aliphatic carbocycles. The highest BCUT2D eigenvalue weighted by atomic mass is 32.2. The maximum absolute atomic E-state index is 12.0. The highest BCUT2D eigenvalue weighted by Crippen LogP contribution is 2.21. The summed E-state index contributed by atoms with van der Waals surface area (Å²) in [6, 6.07) is 5.29. The summed E-state index contributed by atoms with van der Waals surface area (Å²) in [6.45, 7) is 5.80. The predicted octanol–water partition coefficient (Wildman–Crippen LogP) is 2.46. The average Bonchev–Trinajstić information content (AvgIpc) is 2.57. The van der Waals surface area contributed by atoms with Gasteiger partial charge < -0.3 is 10.2 Å². The third-order valence-electron chi connectivity index (χ3n) is 2.39. The molecule has 17 heavy (non-hydrogen) atoms. The average molecular weight is 252 g/mol. The minimum absolute atomic E-state index is 0.264. The van der Waals surface area contributed by atoms with E-state index in [1.54, 1.807) is 18.2 Å². The Balaban J connectivity index is 2.29. The van der Waals surface area contributed by atoms with Crippen LogP contribution in [0.1, 0.15) is 26.7 Å². The van der Waals surface area contributed by atoms with Gasteiger partial charge in [0.15, 0.2) is 5.58 Å². The van der Waals surface area contributed by atoms with Crippen molar-refractivity contribution in [1.82, 2.24) is 4.98 Å². The highest BCUT2D eigenvalue weighted by Gasteiger charge is 2.21. The maximum Gasteiger partial charge on any atom is 0.208 e. The van der Waals surface area contributed by atoms with E-state index < -0.39 is 10.8 Å². The molecule has 1 aromatic carbocycles. The number of benzene rings is 1. The molecule has 2 N–H and O–H groups in total. The lowest BCUT2D eigenvalue weighted by Crippen LogP contribution is -2.23. The van der Waals surface area contributed by atoms with Crippen LogP contribution in [0.15, 0.2) is 22.6 Å². The number of oxazole rings is 1. The number of nitrogens with two attached hydrogens (primary N) is 1. The Kier molecular flexibility index (Phi) is 2.95. The molecular weight excluding hydrogens is 236 g/mol. The molecule has 0 spiro atoms. The van der Waals surface area contributed by atoms with Crippen LogP contribution in [0.3, 0.4) is 0 Å². The van der Waals surface area contributed by atoms with E-state index in [0.29, 0.717) is 28.4 Å². The third-order valence-corrected chi connectivity index (χ3v) is 4.27. The van der Waals surface area contributed by atoms with Gasteiger partial charge in [0.25, 0.3) is 0 Å². The fourth-order valence-corrected chi connectivity index (χ4v) is 2.16. The molecule has 0 saturated heterocycles. The fourth-order valence-electron chi connectivity index (χ4n) is 1.38. The van der Waals surface area contributed by atoms with Crippen LogP contribution in [0.25, 0.3) is 11.1 Å². The molecule has 0 saturated carbocycles. The predicted molar refractivity (Wildman–Crippen MR) is 70.0 cm³/mol. The van der Waals surface area contributed by atoms with Gasteiger partial charge in [0, 0.05) is 21.2 Å². The van der Waals surface area contributed by atoms with Gasteiger partial charge in [-0.05, 0) is 39.0 Å². The monoisotopic (exact) mass is 252 g/mol. The standard InChI is InChI=1S/C12H16N2O2S/c1-12(2,3)17(15)7-11-14-9-6-8(13)4-5-10(9)16-11/h4-6H,7,13H2,1-3H3. The lowest BCUT2D eigenvalue weighted by atomic mass is 10.3. The molecule has 2 aromatic rings. The second kappa shape index (κ2) is 4.14. The van der Waals surface area contributed by atoms with E-state index in [1.807, 2.05) is 20.8 Å². The van der Waals surface area contributed by atoms with Gasteiger partial charge in [0.1, 0.15) is 11.3 Å². The first-order chi connectivity index (χ1) is 7.86. The van der Waals surface area contributed by atoms with E-state index in [2.05, 4.69) is 4.98 Å². The van der Waals surface area contributed by atoms with E-state index in [1.165, 1.54) is 0 Å². The summed E-state index contributed by atoms with van der Waals surface area (Å²) in [4.78, 5) is 4.29. The Morgan fingerprint density at radius 3 is 2.76 bits per heavy atom. The quantitative estimate of drug-likeness (QED) is 0.833. The molecule has 0 aliphatic heterocycles. The summed E-state index contributed by atoms with van der Waals surface area (Å²) in [7, 11) is -1.01. The first-order valence-electron chi connectivity index (χ1n) is 5.40. The van der Waals surface area contributed by atoms with Crippen LogP contribution in [-0.4, -0.2) is 13.9 Å². The minimum Gasteiger partial charge on any atom is -0.440 e. The molecule has 2 rings (SSSR count). The zero-order valence-electron chi connectivity index (χ0n) is 10.2. The number of nitrogen functional groups attached to an aromatic ring is 1. The Labute approximate surface area is 103 Å². The molecule has 1 unspecified atom stereocenters. The molecule has 92 valence electrons. The van der Waals surface area contributed by atoms with Crippen molar-refractivity contribution in [3.8, 4) is 0 Å². The van der Waals surface area contributed by atoms with Gasteiger partial charge >= 0.3 is 0 Å². The summed E-state index contributed by atoms with van der Waals surface area (Å²) in [5.74, 6) is 0.830. The van der Waals surface area contributed by atoms with Gasteiger partial charge in [-0.2, -0.15) is 0 Å². The second-order valence-corrected chi connectivity index (χ2v) is 7.14. The molecule has 5 heteroatoms. The molecule has 1 aromatic heterocycles. The van der Waals surface area contributed by atoms with E-state index in [4.69, 9.17) is 10.2 Å². The van der Waals surface area contributed by atoms with Gasteiger partial charge in [-0.1, -0.05) is 0 Å². The number of rotatable bonds is 2. The van der Waals surface area contributed by atoms with Crippen LogP contribution in [0.2, 0.25) is 0 Å². The zero-order chi connectivity index (χ0) is 12.6. The number of fused-ring (bicyclic) bond motifs is 1. The maximum atomic E-state index is 12.0. The molecule has 0 bridgehead atoms. The van der Waals surface area contributed by atoms with Gasteiger partial charge in [0.05, 0.1) is 0 Å². The Morgan fingerprint density at radius 1 is 1.41 bits per heavy atom. The first-order valence-corrected chi connectivity index (χ1v) is 6.71. The van der Waals surface area contributed by atoms with Crippen molar-refractivity contribution in [3.63, 3.8) is 0 Å². The van der Waals surface area contributed by atoms with Crippen LogP contribution in [0.5, 0.6) is 0 Å². The van der Waals surface area contributed by atoms with Crippen LogP contribution in [-0.2, 0) is 16.6 Å². The summed E-state index contributed by atoms with van der Waals surface area (Å²) in [5, 5.41) is 0. The SMILES string of the molecule is CC(C)(C)S(=O)Cc1nc2cc(N)ccc2o1. The molecule has 4 nitrogen and oxygen atoms in total. The van der Waals surface area contributed by atoms with E-state index >= 15 is 0 Å². The number of hydrogen-bond acceptors (Lipinski definition) is 4. The highest BCUT2D eigenvalue weighted by molar-refractivity contribution is 7.85. The van der Waals surface area contributed by atoms with Crippen molar-refractivity contribution in [2.75, 3.05) is 5.73 Å². The van der Waals surface area contributed by atoms with E-state index in [9.17, 15) is 4.21 Å². The Morgan fingerprint density at radius 2 is 2.12 bits per heavy atom. The minimum atomic E-state index is -1.01. The number of aromatic nitrogens is 1. The van der Waals surface area contributed by atoms with Crippen molar-refractivity contribution in [2.24, 2.45) is 0 Å². The fraction of sp³-hybridized carbons (Fsp3) is 0.417. The van der Waals surface area contributed by atoms with Crippen molar-refractivity contribution < 1.29 is 8.63 Å². The summed E-state index contributed by atoms with van der Waals surface area (Å²) < 4.78 is 17.2. The van der Waals surface area contributed by atoms with Gasteiger partial charge in [-0.3, -0.25) is 4.21 Å². The number of anilines is 1. The smallest absolute Gasteiger partial charge is 0.208 e. The molecule has 1 heterocycles. The third kappa shape index (κ3) is 2.66. The van der Waals surface area contributed by atoms with Crippen molar-refractivity contribution in [3.05, 3.63) is 24.1 Å². The van der Waals surface area contributed by atoms with Gasteiger partial charge in [0.2, 0.25) is 5.89 Å². The van der Waals surface area contributed by atoms with Crippen molar-refractivity contribution in [1.29, 1.82) is 0 Å². The summed E-state index contributed by atoms with van der Waals surface area (Å²) in [5.41, 5.74) is 7.70. The molecule has 0 aliphatic rings. The summed E-state index contributed by atoms with van der Waals surface area (Å²) in [6.07, 6.45) is 0. The zero-order valence-corrected chi connectivity index (χ0v) is 11.0. The molecule has 1 atom stereocenters. The lowest BCUT2D eigenvalue weighted by Gasteiger charge is -2.15. The van der Waals surface area contributed by atoms with Gasteiger partial charge in [-0.15, -0.1) is 0 Å². The lowest BCUT2D eigenvalue weighted by molar-refractivity contribution is 0.549. The van der Waals surface area contributed by atoms with Gasteiger partial charge in [-0.25, -0.2) is 4.98 Å². The molecule has 0 radical (unpaired) electrons. The van der Waals surface area contributed by atoms with E-state index in [0.717, 1.165) is 0 Å². The Bertz CT molecular complexity index is 569. The van der Waals surface area contributed by atoms with E-state index in [-0.39, 0.29) is 4.75 Å². The topological polar surface area (TPSA) is 69.1 Å². The number of hydrogen-bond donors (Lipinski definition) is 1. The second-order valence-electron chi connectivity index (χ2n) is 4.94. The van der Waals surface area contributed by atoms with Crippen molar-refractivity contribution >= 4 is 27.6 Å². The molecule has 0 fully saturated rings.